The fourth-order valence-corrected chi connectivity index (χ4v) is 3.88. The van der Waals surface area contributed by atoms with E-state index in [0.717, 1.165) is 32.1 Å². The Kier molecular flexibility index (Phi) is 3.32. The summed E-state index contributed by atoms with van der Waals surface area (Å²) >= 11 is 0. The molecule has 0 radical (unpaired) electrons. The molecule has 0 spiro atoms. The standard InChI is InChI=1S/C14H24N2O2/c17-9-14(4-1-5-14)16-13(18)8-10-6-11-2-3-12(7-10)15-11/h10-12,15,17H,1-9H2,(H,16,18). The lowest BCUT2D eigenvalue weighted by Crippen LogP contribution is -2.56. The number of amides is 1. The van der Waals surface area contributed by atoms with E-state index in [2.05, 4.69) is 10.6 Å². The fraction of sp³-hybridized carbons (Fsp3) is 0.929. The van der Waals surface area contributed by atoms with E-state index in [9.17, 15) is 9.90 Å². The van der Waals surface area contributed by atoms with Gasteiger partial charge in [-0.15, -0.1) is 0 Å². The summed E-state index contributed by atoms with van der Waals surface area (Å²) in [6.07, 6.45) is 8.51. The predicted molar refractivity (Wildman–Crippen MR) is 69.1 cm³/mol. The van der Waals surface area contributed by atoms with E-state index >= 15 is 0 Å². The van der Waals surface area contributed by atoms with E-state index in [-0.39, 0.29) is 18.1 Å². The van der Waals surface area contributed by atoms with E-state index < -0.39 is 0 Å². The highest BCUT2D eigenvalue weighted by atomic mass is 16.3. The van der Waals surface area contributed by atoms with Gasteiger partial charge in [0.15, 0.2) is 0 Å². The lowest BCUT2D eigenvalue weighted by Gasteiger charge is -2.41. The summed E-state index contributed by atoms with van der Waals surface area (Å²) in [5.74, 6) is 0.689. The van der Waals surface area contributed by atoms with Gasteiger partial charge < -0.3 is 15.7 Å². The van der Waals surface area contributed by atoms with Crippen LogP contribution in [0.4, 0.5) is 0 Å². The molecule has 2 atom stereocenters. The summed E-state index contributed by atoms with van der Waals surface area (Å²) in [5, 5.41) is 16.0. The molecule has 4 nitrogen and oxygen atoms in total. The third kappa shape index (κ3) is 2.41. The maximum Gasteiger partial charge on any atom is 0.220 e. The lowest BCUT2D eigenvalue weighted by atomic mass is 9.77. The second-order valence-electron chi connectivity index (χ2n) is 6.52. The van der Waals surface area contributed by atoms with Crippen LogP contribution in [0.25, 0.3) is 0 Å². The first-order valence-corrected chi connectivity index (χ1v) is 7.37. The van der Waals surface area contributed by atoms with Gasteiger partial charge in [-0.2, -0.15) is 0 Å². The number of rotatable bonds is 4. The van der Waals surface area contributed by atoms with Crippen molar-refractivity contribution in [2.75, 3.05) is 6.61 Å². The third-order valence-electron chi connectivity index (χ3n) is 5.06. The highest BCUT2D eigenvalue weighted by Crippen LogP contribution is 2.34. The summed E-state index contributed by atoms with van der Waals surface area (Å²) in [5.41, 5.74) is -0.275. The molecular weight excluding hydrogens is 228 g/mol. The molecule has 0 aromatic heterocycles. The molecule has 2 aliphatic heterocycles. The molecule has 2 unspecified atom stereocenters. The van der Waals surface area contributed by atoms with Gasteiger partial charge in [-0.05, 0) is 50.9 Å². The summed E-state index contributed by atoms with van der Waals surface area (Å²) in [4.78, 5) is 12.1. The number of nitrogens with one attached hydrogen (secondary N) is 2. The van der Waals surface area contributed by atoms with E-state index in [1.165, 1.54) is 12.8 Å². The highest BCUT2D eigenvalue weighted by Gasteiger charge is 2.39. The molecule has 0 aromatic carbocycles. The van der Waals surface area contributed by atoms with Crippen LogP contribution in [0.1, 0.15) is 51.4 Å². The number of aliphatic hydroxyl groups is 1. The molecule has 1 saturated carbocycles. The quantitative estimate of drug-likeness (QED) is 0.698. The molecule has 1 amide bonds. The zero-order valence-corrected chi connectivity index (χ0v) is 11.0. The normalized spacial score (nSPS) is 37.1. The smallest absolute Gasteiger partial charge is 0.220 e. The highest BCUT2D eigenvalue weighted by molar-refractivity contribution is 5.77. The number of hydrogen-bond acceptors (Lipinski definition) is 3. The van der Waals surface area contributed by atoms with Crippen molar-refractivity contribution in [2.24, 2.45) is 5.92 Å². The van der Waals surface area contributed by atoms with Crippen LogP contribution < -0.4 is 10.6 Å². The molecule has 3 fully saturated rings. The molecule has 2 saturated heterocycles. The Labute approximate surface area is 109 Å². The molecule has 4 heteroatoms. The Balaban J connectivity index is 1.49. The number of fused-ring (bicyclic) bond motifs is 2. The van der Waals surface area contributed by atoms with Crippen LogP contribution in [0.15, 0.2) is 0 Å². The van der Waals surface area contributed by atoms with Crippen LogP contribution in [-0.4, -0.2) is 35.2 Å². The molecule has 2 bridgehead atoms. The van der Waals surface area contributed by atoms with Gasteiger partial charge >= 0.3 is 0 Å². The monoisotopic (exact) mass is 252 g/mol. The van der Waals surface area contributed by atoms with Gasteiger partial charge in [0.05, 0.1) is 12.1 Å². The van der Waals surface area contributed by atoms with Crippen molar-refractivity contribution in [1.29, 1.82) is 0 Å². The third-order valence-corrected chi connectivity index (χ3v) is 5.06. The zero-order valence-electron chi connectivity index (χ0n) is 11.0. The van der Waals surface area contributed by atoms with Crippen molar-refractivity contribution in [3.05, 3.63) is 0 Å². The van der Waals surface area contributed by atoms with Crippen LogP contribution in [-0.2, 0) is 4.79 Å². The van der Waals surface area contributed by atoms with Crippen LogP contribution in [0.2, 0.25) is 0 Å². The van der Waals surface area contributed by atoms with Gasteiger partial charge in [0.25, 0.3) is 0 Å². The maximum absolute atomic E-state index is 12.1. The van der Waals surface area contributed by atoms with Gasteiger partial charge in [-0.3, -0.25) is 4.79 Å². The minimum absolute atomic E-state index is 0.0935. The van der Waals surface area contributed by atoms with Gasteiger partial charge in [0.2, 0.25) is 5.91 Å². The number of piperidine rings is 1. The minimum Gasteiger partial charge on any atom is -0.394 e. The van der Waals surface area contributed by atoms with Gasteiger partial charge in [-0.1, -0.05) is 0 Å². The largest absolute Gasteiger partial charge is 0.394 e. The van der Waals surface area contributed by atoms with E-state index in [4.69, 9.17) is 0 Å². The molecule has 102 valence electrons. The summed E-state index contributed by atoms with van der Waals surface area (Å²) in [7, 11) is 0. The maximum atomic E-state index is 12.1. The SMILES string of the molecule is O=C(CC1CC2CCC(C1)N2)NC1(CO)CCC1. The van der Waals surface area contributed by atoms with Crippen molar-refractivity contribution in [3.63, 3.8) is 0 Å². The topological polar surface area (TPSA) is 61.4 Å². The Morgan fingerprint density at radius 3 is 2.44 bits per heavy atom. The number of carbonyl (C=O) groups is 1. The van der Waals surface area contributed by atoms with E-state index in [1.54, 1.807) is 0 Å². The van der Waals surface area contributed by atoms with Crippen LogP contribution in [0.5, 0.6) is 0 Å². The summed E-state index contributed by atoms with van der Waals surface area (Å²) in [6, 6.07) is 1.30. The van der Waals surface area contributed by atoms with Crippen LogP contribution >= 0.6 is 0 Å². The van der Waals surface area contributed by atoms with Crippen LogP contribution in [0.3, 0.4) is 0 Å². The zero-order chi connectivity index (χ0) is 12.6. The Morgan fingerprint density at radius 1 is 1.28 bits per heavy atom. The molecule has 1 aliphatic carbocycles. The first-order chi connectivity index (χ1) is 8.69. The minimum atomic E-state index is -0.275. The van der Waals surface area contributed by atoms with E-state index in [0.29, 0.717) is 24.4 Å². The summed E-state index contributed by atoms with van der Waals surface area (Å²) < 4.78 is 0. The summed E-state index contributed by atoms with van der Waals surface area (Å²) in [6.45, 7) is 0.0935. The van der Waals surface area contributed by atoms with Crippen molar-refractivity contribution in [2.45, 2.75) is 69.0 Å². The van der Waals surface area contributed by atoms with Crippen LogP contribution in [0, 0.1) is 5.92 Å². The van der Waals surface area contributed by atoms with Gasteiger partial charge in [0, 0.05) is 18.5 Å². The predicted octanol–water partition coefficient (Wildman–Crippen LogP) is 0.938. The number of hydrogen-bond donors (Lipinski definition) is 3. The van der Waals surface area contributed by atoms with E-state index in [1.807, 2.05) is 0 Å². The van der Waals surface area contributed by atoms with Gasteiger partial charge in [0.1, 0.15) is 0 Å². The molecule has 3 rings (SSSR count). The first kappa shape index (κ1) is 12.4. The second kappa shape index (κ2) is 4.82. The number of carbonyl (C=O) groups excluding carboxylic acids is 1. The molecule has 3 N–H and O–H groups in total. The molecular formula is C14H24N2O2. The van der Waals surface area contributed by atoms with Crippen molar-refractivity contribution >= 4 is 5.91 Å². The van der Waals surface area contributed by atoms with Gasteiger partial charge in [-0.25, -0.2) is 0 Å². The van der Waals surface area contributed by atoms with Crippen molar-refractivity contribution in [3.8, 4) is 0 Å². The lowest BCUT2D eigenvalue weighted by molar-refractivity contribution is -0.126. The first-order valence-electron chi connectivity index (χ1n) is 7.37. The average molecular weight is 252 g/mol. The Bertz CT molecular complexity index is 310. The molecule has 18 heavy (non-hydrogen) atoms. The molecule has 0 aromatic rings. The Hall–Kier alpha value is -0.610. The fourth-order valence-electron chi connectivity index (χ4n) is 3.88. The Morgan fingerprint density at radius 2 is 1.94 bits per heavy atom. The van der Waals surface area contributed by atoms with Crippen molar-refractivity contribution in [1.82, 2.24) is 10.6 Å². The van der Waals surface area contributed by atoms with Crippen molar-refractivity contribution < 1.29 is 9.90 Å². The second-order valence-corrected chi connectivity index (χ2v) is 6.52. The molecule has 3 aliphatic rings. The average Bonchev–Trinajstić information content (AvgIpc) is 2.63. The number of aliphatic hydroxyl groups excluding tert-OH is 1. The molecule has 2 heterocycles.